The lowest BCUT2D eigenvalue weighted by Crippen LogP contribution is -2.38. The smallest absolute Gasteiger partial charge is 0.276 e. The average Bonchev–Trinajstić information content (AvgIpc) is 3.19. The Bertz CT molecular complexity index is 896. The van der Waals surface area contributed by atoms with E-state index in [0.29, 0.717) is 54.9 Å². The summed E-state index contributed by atoms with van der Waals surface area (Å²) in [5, 5.41) is 10.4. The van der Waals surface area contributed by atoms with Gasteiger partial charge in [0.25, 0.3) is 5.89 Å². The third-order valence-electron chi connectivity index (χ3n) is 3.95. The zero-order valence-corrected chi connectivity index (χ0v) is 15.7. The Morgan fingerprint density at radius 3 is 2.75 bits per heavy atom. The fourth-order valence-electron chi connectivity index (χ4n) is 2.57. The van der Waals surface area contributed by atoms with Crippen LogP contribution in [0.4, 0.5) is 4.39 Å². The molecule has 3 aromatic rings. The lowest BCUT2D eigenvalue weighted by atomic mass is 10.1. The molecule has 0 bridgehead atoms. The predicted octanol–water partition coefficient (Wildman–Crippen LogP) is 2.61. The first-order chi connectivity index (χ1) is 13.8. The Balaban J connectivity index is 1.50. The van der Waals surface area contributed by atoms with E-state index in [1.165, 1.54) is 6.07 Å². The summed E-state index contributed by atoms with van der Waals surface area (Å²) in [7, 11) is 0. The van der Waals surface area contributed by atoms with Gasteiger partial charge in [0.15, 0.2) is 11.8 Å². The summed E-state index contributed by atoms with van der Waals surface area (Å²) >= 11 is 0. The third-order valence-corrected chi connectivity index (χ3v) is 3.95. The maximum absolute atomic E-state index is 13.7. The molecule has 1 aromatic carbocycles. The third kappa shape index (κ3) is 5.60. The molecule has 0 saturated carbocycles. The van der Waals surface area contributed by atoms with Crippen molar-refractivity contribution in [2.24, 2.45) is 4.99 Å². The number of nitrogens with one attached hydrogen (secondary N) is 2. The van der Waals surface area contributed by atoms with E-state index < -0.39 is 0 Å². The normalized spacial score (nSPS) is 11.4. The predicted molar refractivity (Wildman–Crippen MR) is 105 cm³/mol. The lowest BCUT2D eigenvalue weighted by Gasteiger charge is -2.11. The van der Waals surface area contributed by atoms with Crippen molar-refractivity contribution in [3.05, 3.63) is 65.9 Å². The van der Waals surface area contributed by atoms with E-state index in [1.54, 1.807) is 18.3 Å². The molecule has 0 radical (unpaired) electrons. The van der Waals surface area contributed by atoms with Crippen LogP contribution in [0.5, 0.6) is 0 Å². The molecule has 8 heteroatoms. The van der Waals surface area contributed by atoms with Gasteiger partial charge in [-0.15, -0.1) is 0 Å². The number of rotatable bonds is 8. The molecule has 0 spiro atoms. The van der Waals surface area contributed by atoms with Gasteiger partial charge in [-0.2, -0.15) is 4.98 Å². The van der Waals surface area contributed by atoms with Crippen LogP contribution in [0.15, 0.2) is 58.2 Å². The highest BCUT2D eigenvalue weighted by atomic mass is 19.1. The molecule has 2 aromatic heterocycles. The first kappa shape index (κ1) is 19.5. The summed E-state index contributed by atoms with van der Waals surface area (Å²) in [5.41, 5.74) is 1.33. The zero-order chi connectivity index (χ0) is 19.6. The fourth-order valence-corrected chi connectivity index (χ4v) is 2.57. The minimum Gasteiger partial charge on any atom is -0.357 e. The molecular formula is C20H23FN6O. The van der Waals surface area contributed by atoms with E-state index in [2.05, 4.69) is 30.8 Å². The van der Waals surface area contributed by atoms with Crippen molar-refractivity contribution in [3.8, 4) is 11.6 Å². The number of guanidine groups is 1. The van der Waals surface area contributed by atoms with Crippen LogP contribution >= 0.6 is 0 Å². The van der Waals surface area contributed by atoms with Gasteiger partial charge in [-0.25, -0.2) is 4.39 Å². The summed E-state index contributed by atoms with van der Waals surface area (Å²) < 4.78 is 18.9. The molecular weight excluding hydrogens is 359 g/mol. The quantitative estimate of drug-likeness (QED) is 0.460. The van der Waals surface area contributed by atoms with Crippen LogP contribution in [0.3, 0.4) is 0 Å². The van der Waals surface area contributed by atoms with Crippen LogP contribution in [0, 0.1) is 5.82 Å². The van der Waals surface area contributed by atoms with Gasteiger partial charge in [-0.05, 0) is 37.1 Å². The molecule has 146 valence electrons. The molecule has 0 amide bonds. The highest BCUT2D eigenvalue weighted by Gasteiger charge is 2.09. The summed E-state index contributed by atoms with van der Waals surface area (Å²) in [6, 6.07) is 12.3. The number of aromatic nitrogens is 3. The lowest BCUT2D eigenvalue weighted by molar-refractivity contribution is 0.421. The van der Waals surface area contributed by atoms with Crippen molar-refractivity contribution < 1.29 is 8.91 Å². The molecule has 28 heavy (non-hydrogen) atoms. The maximum Gasteiger partial charge on any atom is 0.276 e. The SMILES string of the molecule is CCNC(=NCCc1noc(-c2ccccn2)n1)NCCc1ccccc1F. The topological polar surface area (TPSA) is 88.2 Å². The minimum atomic E-state index is -0.188. The van der Waals surface area contributed by atoms with Gasteiger partial charge in [0, 0.05) is 32.3 Å². The van der Waals surface area contributed by atoms with E-state index in [9.17, 15) is 4.39 Å². The maximum atomic E-state index is 13.7. The molecule has 3 rings (SSSR count). The molecule has 0 unspecified atom stereocenters. The monoisotopic (exact) mass is 382 g/mol. The molecule has 0 aliphatic carbocycles. The molecule has 0 fully saturated rings. The van der Waals surface area contributed by atoms with Gasteiger partial charge < -0.3 is 15.2 Å². The van der Waals surface area contributed by atoms with E-state index in [4.69, 9.17) is 4.52 Å². The molecule has 0 aliphatic rings. The molecule has 2 N–H and O–H groups in total. The number of hydrogen-bond acceptors (Lipinski definition) is 5. The number of pyridine rings is 1. The van der Waals surface area contributed by atoms with Crippen molar-refractivity contribution in [1.29, 1.82) is 0 Å². The number of nitrogens with zero attached hydrogens (tertiary/aromatic N) is 4. The van der Waals surface area contributed by atoms with Crippen LogP contribution in [-0.2, 0) is 12.8 Å². The molecule has 2 heterocycles. The van der Waals surface area contributed by atoms with Gasteiger partial charge >= 0.3 is 0 Å². The summed E-state index contributed by atoms with van der Waals surface area (Å²) in [4.78, 5) is 13.0. The minimum absolute atomic E-state index is 0.188. The number of halogens is 1. The second-order valence-corrected chi connectivity index (χ2v) is 6.01. The Morgan fingerprint density at radius 1 is 1.11 bits per heavy atom. The van der Waals surface area contributed by atoms with Crippen LogP contribution in [-0.4, -0.2) is 40.7 Å². The van der Waals surface area contributed by atoms with Gasteiger partial charge in [-0.1, -0.05) is 29.4 Å². The number of aliphatic imine (C=N–C) groups is 1. The second kappa shape index (κ2) is 10.1. The summed E-state index contributed by atoms with van der Waals surface area (Å²) in [6.07, 6.45) is 2.80. The van der Waals surface area contributed by atoms with Crippen LogP contribution < -0.4 is 10.6 Å². The van der Waals surface area contributed by atoms with Gasteiger partial charge in [0.05, 0.1) is 0 Å². The Morgan fingerprint density at radius 2 is 1.96 bits per heavy atom. The number of benzene rings is 1. The Labute approximate surface area is 163 Å². The van der Waals surface area contributed by atoms with Crippen molar-refractivity contribution in [2.75, 3.05) is 19.6 Å². The first-order valence-electron chi connectivity index (χ1n) is 9.26. The van der Waals surface area contributed by atoms with E-state index in [0.717, 1.165) is 6.54 Å². The van der Waals surface area contributed by atoms with Crippen molar-refractivity contribution in [2.45, 2.75) is 19.8 Å². The highest BCUT2D eigenvalue weighted by molar-refractivity contribution is 5.79. The van der Waals surface area contributed by atoms with Crippen LogP contribution in [0.2, 0.25) is 0 Å². The first-order valence-corrected chi connectivity index (χ1v) is 9.26. The van der Waals surface area contributed by atoms with Gasteiger partial charge in [0.2, 0.25) is 0 Å². The van der Waals surface area contributed by atoms with Crippen molar-refractivity contribution in [1.82, 2.24) is 25.8 Å². The van der Waals surface area contributed by atoms with E-state index >= 15 is 0 Å². The van der Waals surface area contributed by atoms with Gasteiger partial charge in [0.1, 0.15) is 11.5 Å². The Hall–Kier alpha value is -3.29. The zero-order valence-electron chi connectivity index (χ0n) is 15.7. The average molecular weight is 382 g/mol. The van der Waals surface area contributed by atoms with Crippen molar-refractivity contribution >= 4 is 5.96 Å². The second-order valence-electron chi connectivity index (χ2n) is 6.01. The molecule has 0 aliphatic heterocycles. The fraction of sp³-hybridized carbons (Fsp3) is 0.300. The summed E-state index contributed by atoms with van der Waals surface area (Å²) in [6.45, 7) is 3.80. The summed E-state index contributed by atoms with van der Waals surface area (Å²) in [5.74, 6) is 1.46. The molecule has 0 atom stereocenters. The standard InChI is InChI=1S/C20H23FN6O/c1-2-22-20(24-13-10-15-7-3-4-8-16(15)21)25-14-11-18-26-19(28-27-18)17-9-5-6-12-23-17/h3-9,12H,2,10-11,13-14H2,1H3,(H2,22,24,25). The van der Waals surface area contributed by atoms with Gasteiger partial charge in [-0.3, -0.25) is 9.98 Å². The van der Waals surface area contributed by atoms with E-state index in [1.807, 2.05) is 31.2 Å². The number of hydrogen-bond donors (Lipinski definition) is 2. The van der Waals surface area contributed by atoms with E-state index in [-0.39, 0.29) is 5.82 Å². The van der Waals surface area contributed by atoms with Crippen molar-refractivity contribution in [3.63, 3.8) is 0 Å². The molecule has 0 saturated heterocycles. The highest BCUT2D eigenvalue weighted by Crippen LogP contribution is 2.13. The Kier molecular flexibility index (Phi) is 7.06. The van der Waals surface area contributed by atoms with Crippen LogP contribution in [0.25, 0.3) is 11.6 Å². The largest absolute Gasteiger partial charge is 0.357 e. The van der Waals surface area contributed by atoms with Crippen LogP contribution in [0.1, 0.15) is 18.3 Å². The molecule has 7 nitrogen and oxygen atoms in total.